The quantitative estimate of drug-likeness (QED) is 0.836. The summed E-state index contributed by atoms with van der Waals surface area (Å²) in [5, 5.41) is 0.920. The van der Waals surface area contributed by atoms with Crippen molar-refractivity contribution >= 4 is 21.4 Å². The molecule has 0 aliphatic carbocycles. The maximum atomic E-state index is 12.9. The molecule has 0 amide bonds. The molecule has 1 aromatic carbocycles. The molecule has 0 aliphatic heterocycles. The third-order valence-electron chi connectivity index (χ3n) is 3.58. The van der Waals surface area contributed by atoms with Crippen LogP contribution in [0.15, 0.2) is 24.3 Å². The molecule has 0 radical (unpaired) electrons. The number of aryl methyl sites for hydroxylation is 2. The summed E-state index contributed by atoms with van der Waals surface area (Å²) in [7, 11) is -1.95. The Morgan fingerprint density at radius 1 is 1.27 bits per heavy atom. The van der Waals surface area contributed by atoms with Crippen LogP contribution in [0.4, 0.5) is 4.39 Å². The fraction of sp³-hybridized carbons (Fsp3) is 0.400. The van der Waals surface area contributed by atoms with Crippen LogP contribution in [-0.2, 0) is 15.8 Å². The minimum absolute atomic E-state index is 0.156. The lowest BCUT2D eigenvalue weighted by Gasteiger charge is -2.23. The lowest BCUT2D eigenvalue weighted by atomic mass is 10.2. The zero-order chi connectivity index (χ0) is 16.5. The third-order valence-corrected chi connectivity index (χ3v) is 6.38. The Bertz CT molecular complexity index is 754. The minimum Gasteiger partial charge on any atom is -0.245 e. The summed E-state index contributed by atoms with van der Waals surface area (Å²) in [6, 6.07) is 5.17. The highest BCUT2D eigenvalue weighted by molar-refractivity contribution is 7.88. The van der Waals surface area contributed by atoms with Gasteiger partial charge in [0.15, 0.2) is 0 Å². The Hall–Kier alpha value is -1.31. The molecule has 0 N–H and O–H groups in total. The minimum atomic E-state index is -3.51. The number of benzene rings is 1. The Morgan fingerprint density at radius 2 is 1.86 bits per heavy atom. The molecule has 1 heterocycles. The second kappa shape index (κ2) is 6.44. The van der Waals surface area contributed by atoms with E-state index in [4.69, 9.17) is 0 Å². The van der Waals surface area contributed by atoms with Gasteiger partial charge in [0.1, 0.15) is 5.82 Å². The number of sulfonamides is 1. The molecule has 0 unspecified atom stereocenters. The summed E-state index contributed by atoms with van der Waals surface area (Å²) >= 11 is 1.56. The van der Waals surface area contributed by atoms with Crippen molar-refractivity contribution in [3.63, 3.8) is 0 Å². The molecule has 1 atom stereocenters. The first-order chi connectivity index (χ1) is 10.2. The van der Waals surface area contributed by atoms with Crippen LogP contribution in [0.3, 0.4) is 0 Å². The van der Waals surface area contributed by atoms with Gasteiger partial charge < -0.3 is 0 Å². The SMILES string of the molecule is Cc1nc([C@H](C)N(C)S(=O)(=O)Cc2ccc(F)cc2)c(C)s1. The second-order valence-electron chi connectivity index (χ2n) is 5.25. The summed E-state index contributed by atoms with van der Waals surface area (Å²) in [4.78, 5) is 5.45. The molecule has 0 saturated heterocycles. The van der Waals surface area contributed by atoms with Gasteiger partial charge >= 0.3 is 0 Å². The van der Waals surface area contributed by atoms with E-state index in [1.54, 1.807) is 18.4 Å². The predicted molar refractivity (Wildman–Crippen MR) is 86.8 cm³/mol. The van der Waals surface area contributed by atoms with Crippen molar-refractivity contribution in [2.75, 3.05) is 7.05 Å². The topological polar surface area (TPSA) is 50.3 Å². The number of aromatic nitrogens is 1. The van der Waals surface area contributed by atoms with Gasteiger partial charge in [0.05, 0.1) is 22.5 Å². The first kappa shape index (κ1) is 17.1. The molecule has 0 aliphatic rings. The van der Waals surface area contributed by atoms with Crippen molar-refractivity contribution < 1.29 is 12.8 Å². The van der Waals surface area contributed by atoms with Crippen LogP contribution in [0.2, 0.25) is 0 Å². The summed E-state index contributed by atoms with van der Waals surface area (Å²) in [5.74, 6) is -0.535. The first-order valence-electron chi connectivity index (χ1n) is 6.85. The van der Waals surface area contributed by atoms with E-state index in [9.17, 15) is 12.8 Å². The van der Waals surface area contributed by atoms with E-state index in [-0.39, 0.29) is 17.6 Å². The average molecular weight is 342 g/mol. The zero-order valence-electron chi connectivity index (χ0n) is 13.0. The highest BCUT2D eigenvalue weighted by Crippen LogP contribution is 2.28. The lowest BCUT2D eigenvalue weighted by Crippen LogP contribution is -2.31. The fourth-order valence-corrected chi connectivity index (χ4v) is 4.55. The van der Waals surface area contributed by atoms with E-state index in [1.807, 2.05) is 20.8 Å². The highest BCUT2D eigenvalue weighted by atomic mass is 32.2. The van der Waals surface area contributed by atoms with Crippen molar-refractivity contribution in [1.82, 2.24) is 9.29 Å². The molecule has 7 heteroatoms. The van der Waals surface area contributed by atoms with Crippen LogP contribution < -0.4 is 0 Å². The Kier molecular flexibility index (Phi) is 4.99. The molecule has 0 bridgehead atoms. The molecule has 2 aromatic rings. The van der Waals surface area contributed by atoms with Crippen LogP contribution in [0.25, 0.3) is 0 Å². The average Bonchev–Trinajstić information content (AvgIpc) is 2.78. The van der Waals surface area contributed by atoms with Gasteiger partial charge in [0.2, 0.25) is 10.0 Å². The largest absolute Gasteiger partial charge is 0.245 e. The van der Waals surface area contributed by atoms with E-state index >= 15 is 0 Å². The van der Waals surface area contributed by atoms with Crippen LogP contribution >= 0.6 is 11.3 Å². The predicted octanol–water partition coefficient (Wildman–Crippen LogP) is 3.42. The monoisotopic (exact) mass is 342 g/mol. The van der Waals surface area contributed by atoms with Crippen LogP contribution in [0.5, 0.6) is 0 Å². The van der Waals surface area contributed by atoms with E-state index in [1.165, 1.54) is 28.6 Å². The van der Waals surface area contributed by atoms with Gasteiger partial charge in [0, 0.05) is 11.9 Å². The summed E-state index contributed by atoms with van der Waals surface area (Å²) in [5.41, 5.74) is 1.35. The number of hydrogen-bond acceptors (Lipinski definition) is 4. The number of nitrogens with zero attached hydrogens (tertiary/aromatic N) is 2. The van der Waals surface area contributed by atoms with Gasteiger partial charge in [0.25, 0.3) is 0 Å². The van der Waals surface area contributed by atoms with Gasteiger partial charge in [-0.25, -0.2) is 17.8 Å². The number of thiazole rings is 1. The highest BCUT2D eigenvalue weighted by Gasteiger charge is 2.27. The molecule has 0 fully saturated rings. The number of hydrogen-bond donors (Lipinski definition) is 0. The fourth-order valence-electron chi connectivity index (χ4n) is 2.24. The normalized spacial score (nSPS) is 13.5. The van der Waals surface area contributed by atoms with Gasteiger partial charge in [-0.2, -0.15) is 4.31 Å². The smallest absolute Gasteiger partial charge is 0.218 e. The third kappa shape index (κ3) is 3.71. The van der Waals surface area contributed by atoms with Crippen molar-refractivity contribution in [3.8, 4) is 0 Å². The molecule has 2 rings (SSSR count). The van der Waals surface area contributed by atoms with Crippen LogP contribution in [-0.4, -0.2) is 24.8 Å². The molecule has 1 aromatic heterocycles. The summed E-state index contributed by atoms with van der Waals surface area (Å²) in [6.45, 7) is 5.67. The van der Waals surface area contributed by atoms with Gasteiger partial charge in [-0.05, 0) is 38.5 Å². The molecule has 0 spiro atoms. The number of halogens is 1. The maximum Gasteiger partial charge on any atom is 0.218 e. The molecule has 0 saturated carbocycles. The molecule has 4 nitrogen and oxygen atoms in total. The van der Waals surface area contributed by atoms with E-state index in [0.29, 0.717) is 5.56 Å². The Labute approximate surface area is 134 Å². The van der Waals surface area contributed by atoms with Crippen molar-refractivity contribution in [3.05, 3.63) is 51.2 Å². The zero-order valence-corrected chi connectivity index (χ0v) is 14.6. The van der Waals surface area contributed by atoms with E-state index < -0.39 is 10.0 Å². The summed E-state index contributed by atoms with van der Waals surface area (Å²) < 4.78 is 39.3. The molecular formula is C15H19FN2O2S2. The molecule has 120 valence electrons. The Morgan fingerprint density at radius 3 is 2.36 bits per heavy atom. The Balaban J connectivity index is 2.21. The van der Waals surface area contributed by atoms with Gasteiger partial charge in [-0.1, -0.05) is 12.1 Å². The van der Waals surface area contributed by atoms with Crippen molar-refractivity contribution in [2.24, 2.45) is 0 Å². The van der Waals surface area contributed by atoms with Crippen LogP contribution in [0, 0.1) is 19.7 Å². The first-order valence-corrected chi connectivity index (χ1v) is 9.27. The van der Waals surface area contributed by atoms with E-state index in [2.05, 4.69) is 4.98 Å². The van der Waals surface area contributed by atoms with Crippen molar-refractivity contribution in [1.29, 1.82) is 0 Å². The molecular weight excluding hydrogens is 323 g/mol. The number of rotatable bonds is 5. The lowest BCUT2D eigenvalue weighted by molar-refractivity contribution is 0.391. The molecule has 22 heavy (non-hydrogen) atoms. The van der Waals surface area contributed by atoms with E-state index in [0.717, 1.165) is 15.6 Å². The van der Waals surface area contributed by atoms with Gasteiger partial charge in [-0.15, -0.1) is 11.3 Å². The van der Waals surface area contributed by atoms with Gasteiger partial charge in [-0.3, -0.25) is 0 Å². The van der Waals surface area contributed by atoms with Crippen molar-refractivity contribution in [2.45, 2.75) is 32.6 Å². The van der Waals surface area contributed by atoms with Crippen LogP contribution in [0.1, 0.15) is 34.1 Å². The second-order valence-corrected chi connectivity index (χ2v) is 8.68. The summed E-state index contributed by atoms with van der Waals surface area (Å²) in [6.07, 6.45) is 0. The standard InChI is InChI=1S/C15H19FN2O2S2/c1-10(15-11(2)21-12(3)17-15)18(4)22(19,20)9-13-5-7-14(16)8-6-13/h5-8,10H,9H2,1-4H3/t10-/m0/s1. The maximum absolute atomic E-state index is 12.9.